The Labute approximate surface area is 174 Å². The van der Waals surface area contributed by atoms with Gasteiger partial charge in [-0.1, -0.05) is 5.16 Å². The molecule has 30 heavy (non-hydrogen) atoms. The highest BCUT2D eigenvalue weighted by Crippen LogP contribution is 2.47. The number of likely N-dealkylation sites (tertiary alicyclic amines) is 2. The lowest BCUT2D eigenvalue weighted by Crippen LogP contribution is -2.59. The molecular weight excluding hydrogens is 382 g/mol. The number of carbonyl (C=O) groups is 1. The van der Waals surface area contributed by atoms with Gasteiger partial charge in [0.1, 0.15) is 0 Å². The van der Waals surface area contributed by atoms with Crippen molar-refractivity contribution >= 4 is 5.91 Å². The molecule has 5 heterocycles. The van der Waals surface area contributed by atoms with Crippen LogP contribution in [0.5, 0.6) is 0 Å². The van der Waals surface area contributed by atoms with Crippen LogP contribution >= 0.6 is 0 Å². The second-order valence-corrected chi connectivity index (χ2v) is 8.45. The maximum atomic E-state index is 12.9. The summed E-state index contributed by atoms with van der Waals surface area (Å²) >= 11 is 0. The van der Waals surface area contributed by atoms with Crippen LogP contribution in [0.2, 0.25) is 0 Å². The van der Waals surface area contributed by atoms with Crippen molar-refractivity contribution in [2.75, 3.05) is 26.7 Å². The quantitative estimate of drug-likeness (QED) is 0.654. The van der Waals surface area contributed by atoms with Crippen molar-refractivity contribution in [1.29, 1.82) is 0 Å². The van der Waals surface area contributed by atoms with Crippen molar-refractivity contribution in [1.82, 2.24) is 34.7 Å². The Bertz CT molecular complexity index is 1070. The van der Waals surface area contributed by atoms with E-state index in [0.717, 1.165) is 43.9 Å². The Morgan fingerprint density at radius 2 is 2.03 bits per heavy atom. The topological polar surface area (TPSA) is 93.2 Å². The van der Waals surface area contributed by atoms with Crippen LogP contribution in [-0.2, 0) is 6.54 Å². The van der Waals surface area contributed by atoms with E-state index in [1.54, 1.807) is 18.6 Å². The fraction of sp³-hybridized carbons (Fsp3) is 0.476. The van der Waals surface area contributed by atoms with Gasteiger partial charge in [0.15, 0.2) is 0 Å². The summed E-state index contributed by atoms with van der Waals surface area (Å²) in [6.07, 6.45) is 6.02. The van der Waals surface area contributed by atoms with Crippen molar-refractivity contribution < 1.29 is 9.32 Å². The predicted octanol–water partition coefficient (Wildman–Crippen LogP) is 2.18. The smallest absolute Gasteiger partial charge is 0.257 e. The molecule has 9 nitrogen and oxygen atoms in total. The number of pyridine rings is 1. The van der Waals surface area contributed by atoms with E-state index in [-0.39, 0.29) is 17.4 Å². The van der Waals surface area contributed by atoms with Crippen molar-refractivity contribution in [3.8, 4) is 11.4 Å². The maximum absolute atomic E-state index is 12.9. The number of amides is 1. The number of hydrogen-bond acceptors (Lipinski definition) is 7. The van der Waals surface area contributed by atoms with E-state index >= 15 is 0 Å². The first-order valence-electron chi connectivity index (χ1n) is 10.3. The average molecular weight is 407 g/mol. The molecule has 5 rings (SSSR count). The first kappa shape index (κ1) is 18.9. The summed E-state index contributed by atoms with van der Waals surface area (Å²) in [4.78, 5) is 25.8. The van der Waals surface area contributed by atoms with Gasteiger partial charge in [0.25, 0.3) is 5.91 Å². The highest BCUT2D eigenvalue weighted by molar-refractivity contribution is 5.95. The molecule has 1 unspecified atom stereocenters. The van der Waals surface area contributed by atoms with Gasteiger partial charge in [-0.15, -0.1) is 0 Å². The molecule has 9 heteroatoms. The van der Waals surface area contributed by atoms with E-state index in [1.165, 1.54) is 0 Å². The van der Waals surface area contributed by atoms with E-state index in [0.29, 0.717) is 17.3 Å². The molecule has 1 spiro atoms. The summed E-state index contributed by atoms with van der Waals surface area (Å²) < 4.78 is 7.45. The summed E-state index contributed by atoms with van der Waals surface area (Å²) in [6, 6.07) is 3.80. The summed E-state index contributed by atoms with van der Waals surface area (Å²) in [6.45, 7) is 7.14. The van der Waals surface area contributed by atoms with Gasteiger partial charge in [-0.2, -0.15) is 10.1 Å². The molecule has 3 aromatic heterocycles. The van der Waals surface area contributed by atoms with E-state index < -0.39 is 0 Å². The summed E-state index contributed by atoms with van der Waals surface area (Å²) in [5, 5.41) is 8.45. The second-order valence-electron chi connectivity index (χ2n) is 8.45. The minimum Gasteiger partial charge on any atom is -0.337 e. The maximum Gasteiger partial charge on any atom is 0.257 e. The Hall–Kier alpha value is -3.07. The number of hydrogen-bond donors (Lipinski definition) is 0. The van der Waals surface area contributed by atoms with Gasteiger partial charge >= 0.3 is 0 Å². The van der Waals surface area contributed by atoms with Crippen LogP contribution in [0.1, 0.15) is 41.3 Å². The molecule has 0 bridgehead atoms. The number of nitrogens with zero attached hydrogens (tertiary/aromatic N) is 7. The fourth-order valence-corrected chi connectivity index (χ4v) is 4.82. The number of aryl methyl sites for hydroxylation is 1. The van der Waals surface area contributed by atoms with Crippen LogP contribution in [0.25, 0.3) is 11.4 Å². The summed E-state index contributed by atoms with van der Waals surface area (Å²) in [5.41, 5.74) is 2.60. The fourth-order valence-electron chi connectivity index (χ4n) is 4.82. The van der Waals surface area contributed by atoms with E-state index in [9.17, 15) is 4.79 Å². The van der Waals surface area contributed by atoms with Crippen LogP contribution in [0, 0.1) is 12.3 Å². The molecule has 1 atom stereocenters. The minimum atomic E-state index is 0.0647. The molecule has 1 amide bonds. The van der Waals surface area contributed by atoms with Crippen LogP contribution in [0.15, 0.2) is 35.2 Å². The lowest BCUT2D eigenvalue weighted by atomic mass is 9.77. The average Bonchev–Trinajstić information content (AvgIpc) is 3.43. The standard InChI is InChI=1S/C21H25N7O2/c1-4-28-14(2)16(10-23-28)20(29)27-12-21(13-27)9-17(26(3)11-21)19-24-18(25-30-19)15-5-7-22-8-6-15/h5-8,10,17H,4,9,11-13H2,1-3H3. The summed E-state index contributed by atoms with van der Waals surface area (Å²) in [5.74, 6) is 1.28. The monoisotopic (exact) mass is 407 g/mol. The van der Waals surface area contributed by atoms with E-state index in [2.05, 4.69) is 32.2 Å². The van der Waals surface area contributed by atoms with Gasteiger partial charge in [0, 0.05) is 55.2 Å². The minimum absolute atomic E-state index is 0.0647. The number of aromatic nitrogens is 5. The Kier molecular flexibility index (Phi) is 4.43. The van der Waals surface area contributed by atoms with Gasteiger partial charge in [-0.3, -0.25) is 19.4 Å². The third-order valence-corrected chi connectivity index (χ3v) is 6.38. The Morgan fingerprint density at radius 3 is 2.73 bits per heavy atom. The Balaban J connectivity index is 1.27. The number of rotatable bonds is 4. The van der Waals surface area contributed by atoms with Crippen molar-refractivity contribution in [2.24, 2.45) is 5.41 Å². The van der Waals surface area contributed by atoms with Gasteiger partial charge in [0.05, 0.1) is 17.8 Å². The van der Waals surface area contributed by atoms with Crippen LogP contribution in [0.3, 0.4) is 0 Å². The zero-order valence-corrected chi connectivity index (χ0v) is 17.4. The highest BCUT2D eigenvalue weighted by atomic mass is 16.5. The van der Waals surface area contributed by atoms with Crippen molar-refractivity contribution in [3.63, 3.8) is 0 Å². The zero-order chi connectivity index (χ0) is 20.9. The van der Waals surface area contributed by atoms with Gasteiger partial charge in [-0.05, 0) is 39.4 Å². The molecule has 0 aliphatic carbocycles. The summed E-state index contributed by atoms with van der Waals surface area (Å²) in [7, 11) is 2.08. The lowest BCUT2D eigenvalue weighted by molar-refractivity contribution is 0.0114. The largest absolute Gasteiger partial charge is 0.337 e. The molecule has 156 valence electrons. The molecule has 0 saturated carbocycles. The first-order chi connectivity index (χ1) is 14.5. The second kappa shape index (κ2) is 7.02. The van der Waals surface area contributed by atoms with Gasteiger partial charge in [-0.25, -0.2) is 0 Å². The molecule has 2 fully saturated rings. The van der Waals surface area contributed by atoms with Crippen molar-refractivity contribution in [3.05, 3.63) is 47.9 Å². The zero-order valence-electron chi connectivity index (χ0n) is 17.4. The normalized spacial score (nSPS) is 20.6. The Morgan fingerprint density at radius 1 is 1.27 bits per heavy atom. The first-order valence-corrected chi connectivity index (χ1v) is 10.3. The van der Waals surface area contributed by atoms with Gasteiger partial charge in [0.2, 0.25) is 11.7 Å². The molecule has 0 radical (unpaired) electrons. The third-order valence-electron chi connectivity index (χ3n) is 6.38. The molecule has 2 aliphatic heterocycles. The predicted molar refractivity (Wildman–Crippen MR) is 108 cm³/mol. The van der Waals surface area contributed by atoms with Gasteiger partial charge < -0.3 is 9.42 Å². The molecule has 2 aliphatic rings. The molecule has 2 saturated heterocycles. The highest BCUT2D eigenvalue weighted by Gasteiger charge is 2.53. The molecule has 0 N–H and O–H groups in total. The third kappa shape index (κ3) is 3.00. The van der Waals surface area contributed by atoms with Crippen LogP contribution in [-0.4, -0.2) is 67.3 Å². The lowest BCUT2D eigenvalue weighted by Gasteiger charge is -2.48. The number of carbonyl (C=O) groups excluding carboxylic acids is 1. The van der Waals surface area contributed by atoms with Crippen LogP contribution < -0.4 is 0 Å². The molecule has 3 aromatic rings. The van der Waals surface area contributed by atoms with Crippen LogP contribution in [0.4, 0.5) is 0 Å². The SMILES string of the molecule is CCn1ncc(C(=O)N2CC3(CC(c4nc(-c5ccncc5)no4)N(C)C3)C2)c1C. The van der Waals surface area contributed by atoms with E-state index in [4.69, 9.17) is 4.52 Å². The van der Waals surface area contributed by atoms with Crippen molar-refractivity contribution in [2.45, 2.75) is 32.9 Å². The van der Waals surface area contributed by atoms with E-state index in [1.807, 2.05) is 35.6 Å². The molecular formula is C21H25N7O2. The molecule has 0 aromatic carbocycles.